The molecule has 1 aromatic heterocycles. The number of ketones is 1. The zero-order valence-corrected chi connectivity index (χ0v) is 18.5. The van der Waals surface area contributed by atoms with Crippen LogP contribution in [0.2, 0.25) is 0 Å². The van der Waals surface area contributed by atoms with Crippen molar-refractivity contribution in [2.75, 3.05) is 7.11 Å². The first-order valence-corrected chi connectivity index (χ1v) is 10.6. The van der Waals surface area contributed by atoms with Crippen LogP contribution in [0.4, 0.5) is 0 Å². The van der Waals surface area contributed by atoms with Crippen LogP contribution in [0.5, 0.6) is 5.75 Å². The van der Waals surface area contributed by atoms with Gasteiger partial charge in [0.25, 0.3) is 11.7 Å². The van der Waals surface area contributed by atoms with E-state index in [0.717, 1.165) is 33.5 Å². The average Bonchev–Trinajstić information content (AvgIpc) is 3.12. The molecule has 0 aliphatic rings. The standard InChI is InChI=1S/C27H26N2O3/c1-18(17-19-13-15-21(32-3)16-14-19)28-27(31)26(30)24-22-11-7-8-12-23(22)29(2)25(24)20-9-5-4-6-10-20/h4-16,18H,17H2,1-3H3,(H,28,31)/t18-/m0/s1. The Balaban J connectivity index is 1.62. The molecule has 0 bridgehead atoms. The van der Waals surface area contributed by atoms with E-state index < -0.39 is 11.7 Å². The predicted octanol–water partition coefficient (Wildman–Crippen LogP) is 4.78. The number of benzene rings is 3. The zero-order chi connectivity index (χ0) is 22.7. The van der Waals surface area contributed by atoms with E-state index in [1.807, 2.05) is 97.4 Å². The molecule has 0 unspecified atom stereocenters. The van der Waals surface area contributed by atoms with E-state index in [2.05, 4.69) is 5.32 Å². The van der Waals surface area contributed by atoms with Crippen molar-refractivity contribution in [1.82, 2.24) is 9.88 Å². The largest absolute Gasteiger partial charge is 0.497 e. The lowest BCUT2D eigenvalue weighted by Gasteiger charge is -2.14. The van der Waals surface area contributed by atoms with Crippen molar-refractivity contribution in [3.63, 3.8) is 0 Å². The Morgan fingerprint density at radius 3 is 2.28 bits per heavy atom. The molecule has 5 heteroatoms. The van der Waals surface area contributed by atoms with Gasteiger partial charge in [-0.1, -0.05) is 60.7 Å². The zero-order valence-electron chi connectivity index (χ0n) is 18.5. The first-order valence-electron chi connectivity index (χ1n) is 10.6. The summed E-state index contributed by atoms with van der Waals surface area (Å²) < 4.78 is 7.17. The number of rotatable bonds is 7. The highest BCUT2D eigenvalue weighted by atomic mass is 16.5. The smallest absolute Gasteiger partial charge is 0.292 e. The molecule has 1 amide bonds. The second kappa shape index (κ2) is 9.10. The molecule has 0 aliphatic carbocycles. The second-order valence-corrected chi connectivity index (χ2v) is 7.92. The first-order chi connectivity index (χ1) is 15.5. The minimum Gasteiger partial charge on any atom is -0.497 e. The minimum atomic E-state index is -0.598. The van der Waals surface area contributed by atoms with E-state index in [4.69, 9.17) is 4.74 Å². The Labute approximate surface area is 187 Å². The third-order valence-electron chi connectivity index (χ3n) is 5.67. The number of fused-ring (bicyclic) bond motifs is 1. The summed E-state index contributed by atoms with van der Waals surface area (Å²) in [5.41, 5.74) is 4.04. The van der Waals surface area contributed by atoms with Gasteiger partial charge in [0.2, 0.25) is 0 Å². The van der Waals surface area contributed by atoms with Crippen molar-refractivity contribution in [3.05, 3.63) is 90.0 Å². The molecule has 162 valence electrons. The number of para-hydroxylation sites is 1. The van der Waals surface area contributed by atoms with Crippen molar-refractivity contribution in [2.24, 2.45) is 7.05 Å². The first kappa shape index (κ1) is 21.4. The third kappa shape index (κ3) is 4.14. The SMILES string of the molecule is COc1ccc(C[C@H](C)NC(=O)C(=O)c2c(-c3ccccc3)n(C)c3ccccc23)cc1. The monoisotopic (exact) mass is 426 g/mol. The summed E-state index contributed by atoms with van der Waals surface area (Å²) in [5.74, 6) is -0.341. The summed E-state index contributed by atoms with van der Waals surface area (Å²) in [6.45, 7) is 1.90. The highest BCUT2D eigenvalue weighted by molar-refractivity contribution is 6.46. The lowest BCUT2D eigenvalue weighted by molar-refractivity contribution is -0.117. The van der Waals surface area contributed by atoms with Crippen molar-refractivity contribution in [2.45, 2.75) is 19.4 Å². The average molecular weight is 427 g/mol. The number of carbonyl (C=O) groups is 2. The number of amides is 1. The van der Waals surface area contributed by atoms with E-state index in [1.165, 1.54) is 0 Å². The fraction of sp³-hybridized carbons (Fsp3) is 0.185. The predicted molar refractivity (Wildman–Crippen MR) is 127 cm³/mol. The molecule has 0 aliphatic heterocycles. The van der Waals surface area contributed by atoms with Gasteiger partial charge in [-0.2, -0.15) is 0 Å². The number of nitrogens with one attached hydrogen (secondary N) is 1. The summed E-state index contributed by atoms with van der Waals surface area (Å²) in [7, 11) is 3.55. The van der Waals surface area contributed by atoms with Gasteiger partial charge in [-0.15, -0.1) is 0 Å². The molecule has 4 aromatic rings. The summed E-state index contributed by atoms with van der Waals surface area (Å²) >= 11 is 0. The molecular formula is C27H26N2O3. The summed E-state index contributed by atoms with van der Waals surface area (Å²) in [6, 6.07) is 24.9. The van der Waals surface area contributed by atoms with E-state index >= 15 is 0 Å². The molecule has 5 nitrogen and oxygen atoms in total. The molecule has 3 aromatic carbocycles. The number of Topliss-reactive ketones (excluding diaryl/α,β-unsaturated/α-hetero) is 1. The minimum absolute atomic E-state index is 0.199. The maximum atomic E-state index is 13.4. The molecule has 1 heterocycles. The normalized spacial score (nSPS) is 11.8. The Kier molecular flexibility index (Phi) is 6.08. The number of aromatic nitrogens is 1. The van der Waals surface area contributed by atoms with Crippen LogP contribution < -0.4 is 10.1 Å². The molecule has 1 N–H and O–H groups in total. The number of methoxy groups -OCH3 is 1. The van der Waals surface area contributed by atoms with Gasteiger partial charge in [-0.3, -0.25) is 9.59 Å². The van der Waals surface area contributed by atoms with Crippen LogP contribution in [0, 0.1) is 0 Å². The number of hydrogen-bond acceptors (Lipinski definition) is 3. The molecule has 4 rings (SSSR count). The van der Waals surface area contributed by atoms with Gasteiger partial charge in [0.15, 0.2) is 0 Å². The second-order valence-electron chi connectivity index (χ2n) is 7.92. The van der Waals surface area contributed by atoms with E-state index in [-0.39, 0.29) is 6.04 Å². The summed E-state index contributed by atoms with van der Waals surface area (Å²) in [6.07, 6.45) is 0.615. The molecule has 0 saturated heterocycles. The fourth-order valence-electron chi connectivity index (χ4n) is 4.13. The van der Waals surface area contributed by atoms with Crippen LogP contribution in [0.1, 0.15) is 22.8 Å². The maximum Gasteiger partial charge on any atom is 0.292 e. The van der Waals surface area contributed by atoms with Gasteiger partial charge in [0.05, 0.1) is 18.4 Å². The lowest BCUT2D eigenvalue weighted by Crippen LogP contribution is -2.39. The highest BCUT2D eigenvalue weighted by Gasteiger charge is 2.27. The van der Waals surface area contributed by atoms with Crippen LogP contribution in [-0.2, 0) is 18.3 Å². The third-order valence-corrected chi connectivity index (χ3v) is 5.67. The van der Waals surface area contributed by atoms with Crippen LogP contribution in [0.15, 0.2) is 78.9 Å². The van der Waals surface area contributed by atoms with Gasteiger partial charge in [0.1, 0.15) is 5.75 Å². The number of hydrogen-bond donors (Lipinski definition) is 1. The van der Waals surface area contributed by atoms with E-state index in [9.17, 15) is 9.59 Å². The molecule has 1 atom stereocenters. The van der Waals surface area contributed by atoms with E-state index in [0.29, 0.717) is 12.0 Å². The maximum absolute atomic E-state index is 13.4. The summed E-state index contributed by atoms with van der Waals surface area (Å²) in [4.78, 5) is 26.4. The van der Waals surface area contributed by atoms with Crippen molar-refractivity contribution in [3.8, 4) is 17.0 Å². The molecule has 32 heavy (non-hydrogen) atoms. The van der Waals surface area contributed by atoms with Crippen LogP contribution in [-0.4, -0.2) is 29.4 Å². The number of carbonyl (C=O) groups excluding carboxylic acids is 2. The quantitative estimate of drug-likeness (QED) is 0.342. The highest BCUT2D eigenvalue weighted by Crippen LogP contribution is 2.33. The Morgan fingerprint density at radius 2 is 1.59 bits per heavy atom. The van der Waals surface area contributed by atoms with Crippen molar-refractivity contribution < 1.29 is 14.3 Å². The van der Waals surface area contributed by atoms with Crippen molar-refractivity contribution >= 4 is 22.6 Å². The lowest BCUT2D eigenvalue weighted by atomic mass is 10.0. The Bertz CT molecular complexity index is 1260. The van der Waals surface area contributed by atoms with Gasteiger partial charge in [-0.25, -0.2) is 0 Å². The van der Waals surface area contributed by atoms with Gasteiger partial charge < -0.3 is 14.6 Å². The molecule has 0 radical (unpaired) electrons. The van der Waals surface area contributed by atoms with Crippen LogP contribution >= 0.6 is 0 Å². The molecular weight excluding hydrogens is 400 g/mol. The fourth-order valence-corrected chi connectivity index (χ4v) is 4.13. The Hall–Kier alpha value is -3.86. The van der Waals surface area contributed by atoms with Gasteiger partial charge >= 0.3 is 0 Å². The summed E-state index contributed by atoms with van der Waals surface area (Å²) in [5, 5.41) is 3.65. The number of ether oxygens (including phenoxy) is 1. The van der Waals surface area contributed by atoms with Gasteiger partial charge in [-0.05, 0) is 42.7 Å². The molecule has 0 fully saturated rings. The molecule has 0 saturated carbocycles. The van der Waals surface area contributed by atoms with Gasteiger partial charge in [0, 0.05) is 24.0 Å². The van der Waals surface area contributed by atoms with Crippen molar-refractivity contribution in [1.29, 1.82) is 0 Å². The Morgan fingerprint density at radius 1 is 0.938 bits per heavy atom. The molecule has 0 spiro atoms. The van der Waals surface area contributed by atoms with Crippen LogP contribution in [0.25, 0.3) is 22.2 Å². The topological polar surface area (TPSA) is 60.3 Å². The number of aryl methyl sites for hydroxylation is 1. The van der Waals surface area contributed by atoms with E-state index in [1.54, 1.807) is 7.11 Å². The number of nitrogens with zero attached hydrogens (tertiary/aromatic N) is 1. The van der Waals surface area contributed by atoms with Crippen LogP contribution in [0.3, 0.4) is 0 Å².